The molecule has 3 rings (SSSR count). The molecular formula is C17H18O5. The van der Waals surface area contributed by atoms with Gasteiger partial charge in [0.05, 0.1) is 33.1 Å². The number of carbonyl (C=O) groups is 1. The Morgan fingerprint density at radius 1 is 1.23 bits per heavy atom. The van der Waals surface area contributed by atoms with Crippen LogP contribution in [0.2, 0.25) is 0 Å². The van der Waals surface area contributed by atoms with Crippen LogP contribution in [0.5, 0.6) is 17.2 Å². The van der Waals surface area contributed by atoms with Crippen molar-refractivity contribution in [1.29, 1.82) is 0 Å². The van der Waals surface area contributed by atoms with E-state index >= 15 is 0 Å². The fourth-order valence-corrected chi connectivity index (χ4v) is 2.90. The summed E-state index contributed by atoms with van der Waals surface area (Å²) in [5.41, 5.74) is 1.03. The minimum atomic E-state index is -0.272. The lowest BCUT2D eigenvalue weighted by atomic mass is 10.0. The molecule has 0 saturated heterocycles. The van der Waals surface area contributed by atoms with E-state index in [0.29, 0.717) is 6.42 Å². The molecular weight excluding hydrogens is 284 g/mol. The molecule has 0 fully saturated rings. The smallest absolute Gasteiger partial charge is 0.309 e. The second-order valence-electron chi connectivity index (χ2n) is 5.17. The van der Waals surface area contributed by atoms with Gasteiger partial charge in [-0.1, -0.05) is 12.1 Å². The monoisotopic (exact) mass is 302 g/mol. The van der Waals surface area contributed by atoms with Crippen molar-refractivity contribution in [3.8, 4) is 17.2 Å². The molecule has 0 bridgehead atoms. The molecule has 0 saturated carbocycles. The first-order valence-electron chi connectivity index (χ1n) is 7.08. The second-order valence-corrected chi connectivity index (χ2v) is 5.17. The normalized spacial score (nSPS) is 16.0. The summed E-state index contributed by atoms with van der Waals surface area (Å²) in [7, 11) is 4.64. The zero-order chi connectivity index (χ0) is 15.7. The first kappa shape index (κ1) is 14.5. The van der Waals surface area contributed by atoms with Gasteiger partial charge in [-0.05, 0) is 12.1 Å². The van der Waals surface area contributed by atoms with Crippen LogP contribution < -0.4 is 14.2 Å². The van der Waals surface area contributed by atoms with E-state index in [1.54, 1.807) is 14.2 Å². The van der Waals surface area contributed by atoms with E-state index in [1.807, 2.05) is 24.3 Å². The van der Waals surface area contributed by atoms with Crippen LogP contribution in [0.15, 0.2) is 24.3 Å². The van der Waals surface area contributed by atoms with Gasteiger partial charge < -0.3 is 18.9 Å². The van der Waals surface area contributed by atoms with Gasteiger partial charge in [-0.25, -0.2) is 0 Å². The maximum absolute atomic E-state index is 11.5. The average Bonchev–Trinajstić information content (AvgIpc) is 2.95. The zero-order valence-corrected chi connectivity index (χ0v) is 12.8. The third kappa shape index (κ3) is 2.32. The largest absolute Gasteiger partial charge is 0.496 e. The molecule has 0 unspecified atom stereocenters. The SMILES string of the molecule is COC(=O)C[C@H]1Cc2cc(OC)c3c(OC)cccc3c2O1. The predicted molar refractivity (Wildman–Crippen MR) is 81.8 cm³/mol. The van der Waals surface area contributed by atoms with Crippen LogP contribution in [0.4, 0.5) is 0 Å². The second kappa shape index (κ2) is 5.75. The molecule has 1 aliphatic heterocycles. The molecule has 116 valence electrons. The molecule has 0 N–H and O–H groups in total. The van der Waals surface area contributed by atoms with Crippen LogP contribution in [-0.2, 0) is 16.0 Å². The van der Waals surface area contributed by atoms with Crippen molar-refractivity contribution in [3.05, 3.63) is 29.8 Å². The quantitative estimate of drug-likeness (QED) is 0.813. The number of esters is 1. The Balaban J connectivity index is 2.08. The maximum atomic E-state index is 11.5. The van der Waals surface area contributed by atoms with Gasteiger partial charge in [-0.3, -0.25) is 4.79 Å². The van der Waals surface area contributed by atoms with Gasteiger partial charge in [-0.2, -0.15) is 0 Å². The number of fused-ring (bicyclic) bond motifs is 3. The number of hydrogen-bond donors (Lipinski definition) is 0. The van der Waals surface area contributed by atoms with E-state index in [0.717, 1.165) is 33.6 Å². The summed E-state index contributed by atoms with van der Waals surface area (Å²) in [5, 5.41) is 1.81. The molecule has 5 heteroatoms. The number of hydrogen-bond acceptors (Lipinski definition) is 5. The number of methoxy groups -OCH3 is 3. The molecule has 0 spiro atoms. The highest BCUT2D eigenvalue weighted by atomic mass is 16.5. The molecule has 0 aliphatic carbocycles. The van der Waals surface area contributed by atoms with Crippen LogP contribution in [0.25, 0.3) is 10.8 Å². The Labute approximate surface area is 128 Å². The summed E-state index contributed by atoms with van der Waals surface area (Å²) in [6.45, 7) is 0. The van der Waals surface area contributed by atoms with Crippen molar-refractivity contribution >= 4 is 16.7 Å². The van der Waals surface area contributed by atoms with Gasteiger partial charge in [0.25, 0.3) is 0 Å². The average molecular weight is 302 g/mol. The third-order valence-corrected chi connectivity index (χ3v) is 3.91. The summed E-state index contributed by atoms with van der Waals surface area (Å²) in [6, 6.07) is 7.73. The molecule has 0 amide bonds. The Morgan fingerprint density at radius 2 is 2.00 bits per heavy atom. The van der Waals surface area contributed by atoms with Crippen molar-refractivity contribution < 1.29 is 23.7 Å². The molecule has 1 aliphatic rings. The van der Waals surface area contributed by atoms with Gasteiger partial charge in [0.2, 0.25) is 0 Å². The Morgan fingerprint density at radius 3 is 2.68 bits per heavy atom. The van der Waals surface area contributed by atoms with Crippen molar-refractivity contribution in [3.63, 3.8) is 0 Å². The van der Waals surface area contributed by atoms with E-state index in [9.17, 15) is 4.79 Å². The maximum Gasteiger partial charge on any atom is 0.309 e. The summed E-state index contributed by atoms with van der Waals surface area (Å²) in [5.74, 6) is 2.00. The van der Waals surface area contributed by atoms with Crippen molar-refractivity contribution in [2.45, 2.75) is 18.9 Å². The molecule has 0 aromatic heterocycles. The van der Waals surface area contributed by atoms with E-state index in [2.05, 4.69) is 0 Å². The van der Waals surface area contributed by atoms with Gasteiger partial charge in [0.1, 0.15) is 23.4 Å². The molecule has 1 atom stereocenters. The predicted octanol–water partition coefficient (Wildman–Crippen LogP) is 2.72. The van der Waals surface area contributed by atoms with Crippen molar-refractivity contribution in [2.75, 3.05) is 21.3 Å². The highest BCUT2D eigenvalue weighted by Gasteiger charge is 2.29. The van der Waals surface area contributed by atoms with Gasteiger partial charge in [0, 0.05) is 17.4 Å². The summed E-state index contributed by atoms with van der Waals surface area (Å²) in [6.07, 6.45) is 0.691. The molecule has 2 aromatic carbocycles. The topological polar surface area (TPSA) is 54.0 Å². The van der Waals surface area contributed by atoms with Gasteiger partial charge >= 0.3 is 5.97 Å². The lowest BCUT2D eigenvalue weighted by Gasteiger charge is -2.13. The van der Waals surface area contributed by atoms with Crippen LogP contribution in [-0.4, -0.2) is 33.4 Å². The van der Waals surface area contributed by atoms with E-state index in [1.165, 1.54) is 7.11 Å². The Bertz CT molecular complexity index is 723. The van der Waals surface area contributed by atoms with E-state index < -0.39 is 0 Å². The van der Waals surface area contributed by atoms with Crippen molar-refractivity contribution in [2.24, 2.45) is 0 Å². The summed E-state index contributed by atoms with van der Waals surface area (Å²) in [4.78, 5) is 11.5. The fourth-order valence-electron chi connectivity index (χ4n) is 2.90. The summed E-state index contributed by atoms with van der Waals surface area (Å²) < 4.78 is 21.6. The van der Waals surface area contributed by atoms with Crippen LogP contribution in [0.3, 0.4) is 0 Å². The highest BCUT2D eigenvalue weighted by Crippen LogP contribution is 2.45. The highest BCUT2D eigenvalue weighted by molar-refractivity contribution is 5.99. The zero-order valence-electron chi connectivity index (χ0n) is 12.8. The molecule has 22 heavy (non-hydrogen) atoms. The first-order valence-corrected chi connectivity index (χ1v) is 7.08. The standard InChI is InChI=1S/C17H18O5/c1-19-13-6-4-5-12-16(13)14(20-2)8-10-7-11(22-17(10)12)9-15(18)21-3/h4-6,8,11H,7,9H2,1-3H3/t11-/m1/s1. The Hall–Kier alpha value is -2.43. The summed E-state index contributed by atoms with van der Waals surface area (Å²) >= 11 is 0. The van der Waals surface area contributed by atoms with Crippen LogP contribution in [0, 0.1) is 0 Å². The van der Waals surface area contributed by atoms with Crippen LogP contribution >= 0.6 is 0 Å². The first-order chi connectivity index (χ1) is 10.7. The lowest BCUT2D eigenvalue weighted by Crippen LogP contribution is -2.18. The minimum absolute atomic E-state index is 0.205. The van der Waals surface area contributed by atoms with E-state index in [-0.39, 0.29) is 18.5 Å². The fraction of sp³-hybridized carbons (Fsp3) is 0.353. The van der Waals surface area contributed by atoms with E-state index in [4.69, 9.17) is 18.9 Å². The van der Waals surface area contributed by atoms with Crippen LogP contribution in [0.1, 0.15) is 12.0 Å². The number of carbonyl (C=O) groups excluding carboxylic acids is 1. The minimum Gasteiger partial charge on any atom is -0.496 e. The number of benzene rings is 2. The molecule has 1 heterocycles. The number of ether oxygens (including phenoxy) is 4. The molecule has 5 nitrogen and oxygen atoms in total. The lowest BCUT2D eigenvalue weighted by molar-refractivity contribution is -0.142. The van der Waals surface area contributed by atoms with Gasteiger partial charge in [-0.15, -0.1) is 0 Å². The number of rotatable bonds is 4. The molecule has 2 aromatic rings. The van der Waals surface area contributed by atoms with Gasteiger partial charge in [0.15, 0.2) is 0 Å². The Kier molecular flexibility index (Phi) is 3.79. The van der Waals surface area contributed by atoms with Crippen molar-refractivity contribution in [1.82, 2.24) is 0 Å². The third-order valence-electron chi connectivity index (χ3n) is 3.91. The molecule has 0 radical (unpaired) electrons.